The fourth-order valence-electron chi connectivity index (χ4n) is 0.954. The second kappa shape index (κ2) is 4.11. The maximum Gasteiger partial charge on any atom is 0.339 e. The Kier molecular flexibility index (Phi) is 3.10. The summed E-state index contributed by atoms with van der Waals surface area (Å²) in [7, 11) is 1.16. The lowest BCUT2D eigenvalue weighted by Gasteiger charge is -2.03. The number of hydrogen-bond acceptors (Lipinski definition) is 4. The third kappa shape index (κ3) is 1.70. The molecular weight excluding hydrogens is 205 g/mol. The standard InChI is InChI=1S/C9H6FNO2S/c1-13-9(12)5-2-3-7(14)8(10)6(5)4-11/h2-3,14H,1H3. The Morgan fingerprint density at radius 2 is 2.29 bits per heavy atom. The number of esters is 1. The first-order valence-corrected chi connectivity index (χ1v) is 4.06. The van der Waals surface area contributed by atoms with E-state index in [2.05, 4.69) is 17.4 Å². The van der Waals surface area contributed by atoms with Crippen molar-refractivity contribution in [3.8, 4) is 6.07 Å². The largest absolute Gasteiger partial charge is 0.465 e. The highest BCUT2D eigenvalue weighted by Gasteiger charge is 2.17. The highest BCUT2D eigenvalue weighted by Crippen LogP contribution is 2.20. The van der Waals surface area contributed by atoms with E-state index in [1.807, 2.05) is 0 Å². The van der Waals surface area contributed by atoms with E-state index in [4.69, 9.17) is 5.26 Å². The van der Waals surface area contributed by atoms with E-state index < -0.39 is 11.8 Å². The summed E-state index contributed by atoms with van der Waals surface area (Å²) in [4.78, 5) is 11.1. The van der Waals surface area contributed by atoms with Crippen molar-refractivity contribution >= 4 is 18.6 Å². The SMILES string of the molecule is COC(=O)c1ccc(S)c(F)c1C#N. The van der Waals surface area contributed by atoms with Crippen LogP contribution in [0, 0.1) is 17.1 Å². The maximum atomic E-state index is 13.3. The van der Waals surface area contributed by atoms with E-state index in [1.54, 1.807) is 6.07 Å². The van der Waals surface area contributed by atoms with Crippen molar-refractivity contribution in [2.24, 2.45) is 0 Å². The molecule has 14 heavy (non-hydrogen) atoms. The zero-order valence-electron chi connectivity index (χ0n) is 7.24. The van der Waals surface area contributed by atoms with Crippen molar-refractivity contribution in [1.29, 1.82) is 5.26 Å². The van der Waals surface area contributed by atoms with Gasteiger partial charge in [0, 0.05) is 4.90 Å². The molecule has 1 aromatic rings. The number of carbonyl (C=O) groups excluding carboxylic acids is 1. The molecule has 0 aromatic heterocycles. The van der Waals surface area contributed by atoms with Crippen LogP contribution in [0.15, 0.2) is 17.0 Å². The minimum absolute atomic E-state index is 0.0224. The Labute approximate surface area is 85.5 Å². The predicted molar refractivity (Wildman–Crippen MR) is 49.7 cm³/mol. The molecule has 0 fully saturated rings. The monoisotopic (exact) mass is 211 g/mol. The fraction of sp³-hybridized carbons (Fsp3) is 0.111. The van der Waals surface area contributed by atoms with E-state index in [9.17, 15) is 9.18 Å². The summed E-state index contributed by atoms with van der Waals surface area (Å²) in [6, 6.07) is 4.19. The van der Waals surface area contributed by atoms with Gasteiger partial charge in [0.05, 0.1) is 12.7 Å². The van der Waals surface area contributed by atoms with E-state index in [-0.39, 0.29) is 16.0 Å². The van der Waals surface area contributed by atoms with Crippen LogP contribution in [0.2, 0.25) is 0 Å². The van der Waals surface area contributed by atoms with Crippen molar-refractivity contribution in [3.05, 3.63) is 29.1 Å². The molecule has 0 aliphatic heterocycles. The van der Waals surface area contributed by atoms with Gasteiger partial charge in [-0.15, -0.1) is 12.6 Å². The third-order valence-corrected chi connectivity index (χ3v) is 1.98. The van der Waals surface area contributed by atoms with E-state index in [0.29, 0.717) is 0 Å². The first kappa shape index (κ1) is 10.5. The molecule has 3 nitrogen and oxygen atoms in total. The number of nitriles is 1. The van der Waals surface area contributed by atoms with Gasteiger partial charge in [-0.3, -0.25) is 0 Å². The molecule has 0 saturated carbocycles. The van der Waals surface area contributed by atoms with Crippen LogP contribution in [0.4, 0.5) is 4.39 Å². The Bertz CT molecular complexity index is 426. The van der Waals surface area contributed by atoms with E-state index in [0.717, 1.165) is 7.11 Å². The number of nitrogens with zero attached hydrogens (tertiary/aromatic N) is 1. The molecule has 0 spiro atoms. The van der Waals surface area contributed by atoms with Crippen LogP contribution in [-0.2, 0) is 4.74 Å². The average molecular weight is 211 g/mol. The van der Waals surface area contributed by atoms with Crippen LogP contribution >= 0.6 is 12.6 Å². The molecule has 0 radical (unpaired) electrons. The average Bonchev–Trinajstić information content (AvgIpc) is 2.20. The Morgan fingerprint density at radius 3 is 2.79 bits per heavy atom. The molecule has 0 aliphatic carbocycles. The number of hydrogen-bond donors (Lipinski definition) is 1. The number of carbonyl (C=O) groups is 1. The van der Waals surface area contributed by atoms with Crippen LogP contribution < -0.4 is 0 Å². The predicted octanol–water partition coefficient (Wildman–Crippen LogP) is 1.77. The fourth-order valence-corrected chi connectivity index (χ4v) is 1.14. The van der Waals surface area contributed by atoms with Gasteiger partial charge in [0.1, 0.15) is 11.6 Å². The number of thiol groups is 1. The molecule has 0 bridgehead atoms. The van der Waals surface area contributed by atoms with Crippen molar-refractivity contribution in [2.45, 2.75) is 4.90 Å². The van der Waals surface area contributed by atoms with Crippen LogP contribution in [0.25, 0.3) is 0 Å². The Balaban J connectivity index is 3.40. The third-order valence-electron chi connectivity index (χ3n) is 1.64. The van der Waals surface area contributed by atoms with Gasteiger partial charge in [-0.1, -0.05) is 0 Å². The summed E-state index contributed by atoms with van der Waals surface area (Å²) in [5.74, 6) is -1.55. The molecular formula is C9H6FNO2S. The van der Waals surface area contributed by atoms with Gasteiger partial charge in [-0.2, -0.15) is 5.26 Å². The van der Waals surface area contributed by atoms with Gasteiger partial charge in [-0.25, -0.2) is 9.18 Å². The summed E-state index contributed by atoms with van der Waals surface area (Å²) < 4.78 is 17.6. The van der Waals surface area contributed by atoms with Crippen molar-refractivity contribution in [3.63, 3.8) is 0 Å². The number of rotatable bonds is 1. The minimum Gasteiger partial charge on any atom is -0.465 e. The van der Waals surface area contributed by atoms with Crippen LogP contribution in [-0.4, -0.2) is 13.1 Å². The lowest BCUT2D eigenvalue weighted by atomic mass is 10.1. The van der Waals surface area contributed by atoms with Gasteiger partial charge >= 0.3 is 5.97 Å². The normalized spacial score (nSPS) is 9.29. The van der Waals surface area contributed by atoms with Gasteiger partial charge in [0.25, 0.3) is 0 Å². The van der Waals surface area contributed by atoms with E-state index in [1.165, 1.54) is 12.1 Å². The van der Waals surface area contributed by atoms with Crippen molar-refractivity contribution in [1.82, 2.24) is 0 Å². The van der Waals surface area contributed by atoms with E-state index >= 15 is 0 Å². The molecule has 0 amide bonds. The van der Waals surface area contributed by atoms with Crippen molar-refractivity contribution in [2.75, 3.05) is 7.11 Å². The number of halogens is 1. The second-order valence-corrected chi connectivity index (χ2v) is 2.91. The molecule has 0 saturated heterocycles. The zero-order chi connectivity index (χ0) is 10.7. The molecule has 1 aromatic carbocycles. The summed E-state index contributed by atoms with van der Waals surface area (Å²) in [5, 5.41) is 8.64. The minimum atomic E-state index is -0.807. The molecule has 0 aliphatic rings. The molecule has 0 heterocycles. The van der Waals surface area contributed by atoms with Crippen LogP contribution in [0.5, 0.6) is 0 Å². The summed E-state index contributed by atoms with van der Waals surface area (Å²) in [6.45, 7) is 0. The highest BCUT2D eigenvalue weighted by atomic mass is 32.1. The molecule has 5 heteroatoms. The van der Waals surface area contributed by atoms with Crippen LogP contribution in [0.1, 0.15) is 15.9 Å². The first-order valence-electron chi connectivity index (χ1n) is 3.61. The number of methoxy groups -OCH3 is 1. The quantitative estimate of drug-likeness (QED) is 0.569. The lowest BCUT2D eigenvalue weighted by Crippen LogP contribution is -2.06. The smallest absolute Gasteiger partial charge is 0.339 e. The summed E-state index contributed by atoms with van der Waals surface area (Å²) in [5.41, 5.74) is -0.436. The van der Waals surface area contributed by atoms with Gasteiger partial charge < -0.3 is 4.74 Å². The summed E-state index contributed by atoms with van der Waals surface area (Å²) in [6.07, 6.45) is 0. The maximum absolute atomic E-state index is 13.3. The molecule has 1 rings (SSSR count). The van der Waals surface area contributed by atoms with Gasteiger partial charge in [-0.05, 0) is 12.1 Å². The van der Waals surface area contributed by atoms with Crippen LogP contribution in [0.3, 0.4) is 0 Å². The Hall–Kier alpha value is -1.54. The Morgan fingerprint density at radius 1 is 1.64 bits per heavy atom. The summed E-state index contributed by atoms with van der Waals surface area (Å²) >= 11 is 3.79. The second-order valence-electron chi connectivity index (χ2n) is 2.42. The van der Waals surface area contributed by atoms with Gasteiger partial charge in [0.15, 0.2) is 5.82 Å². The topological polar surface area (TPSA) is 50.1 Å². The molecule has 0 unspecified atom stereocenters. The number of benzene rings is 1. The zero-order valence-corrected chi connectivity index (χ0v) is 8.14. The molecule has 0 N–H and O–H groups in total. The molecule has 72 valence electrons. The lowest BCUT2D eigenvalue weighted by molar-refractivity contribution is 0.0599. The van der Waals surface area contributed by atoms with Crippen molar-refractivity contribution < 1.29 is 13.9 Å². The first-order chi connectivity index (χ1) is 6.61. The van der Waals surface area contributed by atoms with Gasteiger partial charge in [0.2, 0.25) is 0 Å². The number of ether oxygens (including phenoxy) is 1. The highest BCUT2D eigenvalue weighted by molar-refractivity contribution is 7.80. The molecule has 0 atom stereocenters.